The number of unbranched alkanes of at least 4 members (excludes halogenated alkanes) is 5. The molecule has 2 bridgehead atoms. The van der Waals surface area contributed by atoms with E-state index in [1.54, 1.807) is 18.3 Å². The van der Waals surface area contributed by atoms with E-state index in [1.165, 1.54) is 40.6 Å². The summed E-state index contributed by atoms with van der Waals surface area (Å²) in [5.74, 6) is -11.3. The maximum atomic E-state index is 15.0. The van der Waals surface area contributed by atoms with Crippen LogP contribution in [0.4, 0.5) is 4.39 Å². The number of para-hydroxylation sites is 1. The second kappa shape index (κ2) is 38.6. The zero-order chi connectivity index (χ0) is 70.0. The van der Waals surface area contributed by atoms with E-state index in [0.717, 1.165) is 36.3 Å². The van der Waals surface area contributed by atoms with Crippen LogP contribution in [0.25, 0.3) is 10.9 Å². The highest BCUT2D eigenvalue weighted by molar-refractivity contribution is 8.00. The van der Waals surface area contributed by atoms with Crippen molar-refractivity contribution in [1.29, 1.82) is 0 Å². The summed E-state index contributed by atoms with van der Waals surface area (Å²) < 4.78 is 14.2. The van der Waals surface area contributed by atoms with E-state index in [-0.39, 0.29) is 82.5 Å². The number of nitrogens with zero attached hydrogens (tertiary/aromatic N) is 2. The Balaban J connectivity index is 1.26. The molecule has 97 heavy (non-hydrogen) atoms. The van der Waals surface area contributed by atoms with Crippen molar-refractivity contribution in [3.05, 3.63) is 71.7 Å². The number of carbonyl (C=O) groups excluding carboxylic acids is 12. The van der Waals surface area contributed by atoms with Crippen molar-refractivity contribution in [2.45, 2.75) is 190 Å². The molecule has 13 N–H and O–H groups in total. The first-order chi connectivity index (χ1) is 46.7. The first-order valence-electron chi connectivity index (χ1n) is 33.5. The Morgan fingerprint density at radius 2 is 1.11 bits per heavy atom. The van der Waals surface area contributed by atoms with Gasteiger partial charge in [-0.15, -0.1) is 0 Å². The summed E-state index contributed by atoms with van der Waals surface area (Å²) in [4.78, 5) is 191. The van der Waals surface area contributed by atoms with Gasteiger partial charge in [0.2, 0.25) is 70.9 Å². The largest absolute Gasteiger partial charge is 0.481 e. The number of aliphatic carboxylic acids is 1. The molecule has 0 spiro atoms. The minimum Gasteiger partial charge on any atom is -0.481 e. The van der Waals surface area contributed by atoms with E-state index in [0.29, 0.717) is 72.1 Å². The number of fused-ring (bicyclic) bond motifs is 11. The number of aliphatic hydroxyl groups excluding tert-OH is 1. The molecule has 10 atom stereocenters. The smallest absolute Gasteiger partial charge is 0.305 e. The molecular formula is C66H92FN13O15S2. The number of aliphatic hydroxyl groups is 1. The average molecular weight is 1390 g/mol. The number of aromatic amines is 1. The first kappa shape index (κ1) is 76.1. The predicted octanol–water partition coefficient (Wildman–Crippen LogP) is 0.476. The number of carbonyl (C=O) groups is 13. The van der Waals surface area contributed by atoms with Gasteiger partial charge >= 0.3 is 5.97 Å². The monoisotopic (exact) mass is 1390 g/mol. The second-order valence-corrected chi connectivity index (χ2v) is 27.1. The summed E-state index contributed by atoms with van der Waals surface area (Å²) >= 11 is 2.60. The maximum absolute atomic E-state index is 15.0. The third-order valence-corrected chi connectivity index (χ3v) is 19.7. The Morgan fingerprint density at radius 1 is 0.557 bits per heavy atom. The number of halogens is 1. The van der Waals surface area contributed by atoms with Gasteiger partial charge in [-0.2, -0.15) is 23.5 Å². The van der Waals surface area contributed by atoms with Gasteiger partial charge in [-0.1, -0.05) is 89.1 Å². The van der Waals surface area contributed by atoms with Crippen LogP contribution in [0, 0.1) is 5.82 Å². The van der Waals surface area contributed by atoms with E-state index in [1.807, 2.05) is 26.0 Å². The van der Waals surface area contributed by atoms with Crippen molar-refractivity contribution < 1.29 is 76.9 Å². The van der Waals surface area contributed by atoms with Crippen LogP contribution in [0.2, 0.25) is 0 Å². The zero-order valence-electron chi connectivity index (χ0n) is 54.9. The molecule has 31 heteroatoms. The van der Waals surface area contributed by atoms with Crippen LogP contribution in [0.1, 0.15) is 128 Å². The van der Waals surface area contributed by atoms with Gasteiger partial charge in [0, 0.05) is 67.5 Å². The highest BCUT2D eigenvalue weighted by atomic mass is 32.2. The minimum atomic E-state index is -1.86. The Hall–Kier alpha value is -8.32. The van der Waals surface area contributed by atoms with Gasteiger partial charge in [0.1, 0.15) is 66.2 Å². The molecule has 5 heterocycles. The van der Waals surface area contributed by atoms with E-state index in [9.17, 15) is 76.9 Å². The van der Waals surface area contributed by atoms with Crippen LogP contribution in [0.15, 0.2) is 54.7 Å². The van der Waals surface area contributed by atoms with Gasteiger partial charge in [-0.3, -0.25) is 62.3 Å². The lowest BCUT2D eigenvalue weighted by Gasteiger charge is -2.30. The van der Waals surface area contributed by atoms with E-state index < -0.39 is 163 Å². The fourth-order valence-electron chi connectivity index (χ4n) is 12.1. The molecule has 4 aliphatic heterocycles. The summed E-state index contributed by atoms with van der Waals surface area (Å²) in [5, 5.41) is 47.9. The van der Waals surface area contributed by atoms with Gasteiger partial charge in [-0.05, 0) is 85.8 Å². The average Bonchev–Trinajstić information content (AvgIpc) is 1.76. The minimum absolute atomic E-state index is 0.0186. The number of aromatic nitrogens is 1. The molecule has 1 aromatic heterocycles. The number of H-pyrrole nitrogens is 1. The third-order valence-electron chi connectivity index (χ3n) is 17.4. The molecule has 28 nitrogen and oxygen atoms in total. The predicted molar refractivity (Wildman–Crippen MR) is 359 cm³/mol. The molecule has 0 saturated carbocycles. The van der Waals surface area contributed by atoms with Crippen LogP contribution >= 0.6 is 23.5 Å². The van der Waals surface area contributed by atoms with E-state index in [2.05, 4.69) is 58.2 Å². The topological polar surface area (TPSA) is 405 Å². The Morgan fingerprint density at radius 3 is 1.78 bits per heavy atom. The summed E-state index contributed by atoms with van der Waals surface area (Å²) in [7, 11) is 0. The lowest BCUT2D eigenvalue weighted by atomic mass is 10.0. The lowest BCUT2D eigenvalue weighted by molar-refractivity contribution is -0.146. The summed E-state index contributed by atoms with van der Waals surface area (Å²) in [5.41, 5.74) is 1.60. The van der Waals surface area contributed by atoms with Crippen LogP contribution in [-0.4, -0.2) is 218 Å². The number of carboxylic acid groups (broad SMARTS) is 1. The first-order valence-corrected chi connectivity index (χ1v) is 35.8. The number of rotatable bonds is 16. The van der Waals surface area contributed by atoms with Gasteiger partial charge in [-0.25, -0.2) is 4.39 Å². The molecule has 530 valence electrons. The Kier molecular flexibility index (Phi) is 30.2. The van der Waals surface area contributed by atoms with Crippen molar-refractivity contribution in [1.82, 2.24) is 68.0 Å². The molecule has 0 radical (unpaired) electrons. The van der Waals surface area contributed by atoms with Crippen molar-refractivity contribution in [2.24, 2.45) is 0 Å². The second-order valence-electron chi connectivity index (χ2n) is 24.8. The highest BCUT2D eigenvalue weighted by Gasteiger charge is 2.42. The number of carboxylic acids is 1. The maximum Gasteiger partial charge on any atom is 0.305 e. The summed E-state index contributed by atoms with van der Waals surface area (Å²) in [6.07, 6.45) is 6.38. The van der Waals surface area contributed by atoms with Crippen molar-refractivity contribution in [2.75, 3.05) is 55.8 Å². The van der Waals surface area contributed by atoms with Crippen LogP contribution in [0.3, 0.4) is 0 Å². The normalized spacial score (nSPS) is 25.9. The molecule has 4 saturated heterocycles. The molecule has 4 aliphatic rings. The molecule has 0 aliphatic carbocycles. The van der Waals surface area contributed by atoms with Gasteiger partial charge in [0.05, 0.1) is 19.6 Å². The molecule has 12 amide bonds. The molecule has 4 fully saturated rings. The number of hydrogen-bond acceptors (Lipinski definition) is 16. The van der Waals surface area contributed by atoms with E-state index in [4.69, 9.17) is 0 Å². The molecule has 7 rings (SSSR count). The number of thioether (sulfide) groups is 2. The highest BCUT2D eigenvalue weighted by Crippen LogP contribution is 2.24. The van der Waals surface area contributed by atoms with Crippen molar-refractivity contribution >= 4 is 111 Å². The number of benzene rings is 2. The van der Waals surface area contributed by atoms with Crippen molar-refractivity contribution in [3.63, 3.8) is 0 Å². The van der Waals surface area contributed by atoms with Crippen LogP contribution in [-0.2, 0) is 75.2 Å². The lowest BCUT2D eigenvalue weighted by Crippen LogP contribution is -2.60. The third kappa shape index (κ3) is 22.9. The number of hydrogen-bond donors (Lipinski definition) is 13. The molecule has 0 unspecified atom stereocenters. The zero-order valence-corrected chi connectivity index (χ0v) is 56.5. The molecular weight excluding hydrogens is 1300 g/mol. The fourth-order valence-corrected chi connectivity index (χ4v) is 14.3. The quantitative estimate of drug-likeness (QED) is 0.0867. The van der Waals surface area contributed by atoms with E-state index >= 15 is 0 Å². The number of nitrogens with one attached hydrogen (secondary N) is 11. The standard InChI is InChI=1S/C66H92FN13O15S2/c1-3-5-7-8-9-18-45-59(88)76-49(36-81)57(86)70-35-54(82)71-46(31-39-21-23-41(67)24-22-39)61(90)75-48(33-56(84)85)66(95)80-28-13-20-53(80)65(94)74-47(32-40-34-69-43-17-11-10-15-42(40)43)62(91)77-50-37-96-29-14-30-97-38-51(63(92)72-45)78-60(89)44(16-6-4-2)73-64(93)52-19-12-27-79(52)55(83)25-26-68-58(50)87/h10-11,15,17,21-24,34,44-53,69,81H,3-9,12-14,16,18-20,25-33,35-38H2,1-2H3,(H,68,87)(H,70,86)(H,71,82)(H,72,92)(H,73,93)(H,74,94)(H,75,90)(H,76,88)(H,77,91)(H,78,89)(H,84,85)/t44-,45-,46-,47-,48-,49-,50+,51-,52-,53-/m0/s1. The Bertz CT molecular complexity index is 3270. The SMILES string of the molecule is CCCCCCC[C@@H]1NC(=O)[C@@H]2CSCCCSC[C@@H](NC(=O)[C@H](Cc3c[nH]c4ccccc34)NC(=O)[C@@H]3CCCN3C(=O)[C@H](CC(=O)O)NC(=O)[C@H](Cc3ccc(F)cc3)NC(=O)CNC(=O)[C@H](CO)NC1=O)C(=O)NCCC(=O)N1CCC[C@H]1C(=O)N[C@@H](CCCC)C(=O)N2. The number of amides is 12. The molecule has 3 aromatic rings. The summed E-state index contributed by atoms with van der Waals surface area (Å²) in [6.45, 7) is 1.96. The van der Waals surface area contributed by atoms with Gasteiger partial charge in [0.15, 0.2) is 0 Å². The van der Waals surface area contributed by atoms with Gasteiger partial charge < -0.3 is 78.2 Å². The molecule has 2 aromatic carbocycles. The summed E-state index contributed by atoms with van der Waals surface area (Å²) in [6, 6.07) is -2.01. The van der Waals surface area contributed by atoms with Gasteiger partial charge in [0.25, 0.3) is 0 Å². The fraction of sp³-hybridized carbons (Fsp3) is 0.591. The van der Waals surface area contributed by atoms with Crippen LogP contribution in [0.5, 0.6) is 0 Å². The van der Waals surface area contributed by atoms with Crippen LogP contribution < -0.4 is 53.2 Å². The Labute approximate surface area is 570 Å². The van der Waals surface area contributed by atoms with Crippen molar-refractivity contribution in [3.8, 4) is 0 Å².